The first-order valence-corrected chi connectivity index (χ1v) is 11.1. The predicted molar refractivity (Wildman–Crippen MR) is 114 cm³/mol. The summed E-state index contributed by atoms with van der Waals surface area (Å²) in [7, 11) is 0. The van der Waals surface area contributed by atoms with E-state index in [9.17, 15) is 9.59 Å². The van der Waals surface area contributed by atoms with Gasteiger partial charge < -0.3 is 20.1 Å². The van der Waals surface area contributed by atoms with Crippen LogP contribution >= 0.6 is 11.8 Å². The molecule has 1 aliphatic rings. The highest BCUT2D eigenvalue weighted by Crippen LogP contribution is 2.14. The van der Waals surface area contributed by atoms with Gasteiger partial charge in [0, 0.05) is 24.1 Å². The van der Waals surface area contributed by atoms with Crippen LogP contribution in [0.5, 0.6) is 0 Å². The van der Waals surface area contributed by atoms with E-state index in [1.165, 1.54) is 5.56 Å². The molecule has 1 amide bonds. The van der Waals surface area contributed by atoms with E-state index in [4.69, 9.17) is 4.74 Å². The first kappa shape index (κ1) is 24.5. The normalized spacial score (nSPS) is 15.9. The third-order valence-electron chi connectivity index (χ3n) is 4.27. The lowest BCUT2D eigenvalue weighted by Crippen LogP contribution is -2.49. The molecule has 1 aliphatic heterocycles. The topological polar surface area (TPSA) is 80.0 Å². The number of amides is 1. The zero-order valence-corrected chi connectivity index (χ0v) is 18.0. The molecule has 0 spiro atoms. The van der Waals surface area contributed by atoms with Crippen molar-refractivity contribution in [3.8, 4) is 0 Å². The van der Waals surface area contributed by atoms with Gasteiger partial charge >= 0.3 is 0 Å². The molecule has 0 aromatic heterocycles. The van der Waals surface area contributed by atoms with Crippen LogP contribution in [0.25, 0.3) is 0 Å². The minimum atomic E-state index is -0.159. The van der Waals surface area contributed by atoms with E-state index >= 15 is 0 Å². The number of rotatable bonds is 13. The summed E-state index contributed by atoms with van der Waals surface area (Å²) in [6.45, 7) is 8.45. The zero-order chi connectivity index (χ0) is 20.6. The number of carbonyl (C=O) groups excluding carboxylic acids is 2. The molecule has 7 heteroatoms. The maximum absolute atomic E-state index is 12.5. The molecule has 2 unspecified atom stereocenters. The van der Waals surface area contributed by atoms with Crippen molar-refractivity contribution in [3.05, 3.63) is 35.9 Å². The summed E-state index contributed by atoms with van der Waals surface area (Å²) in [5, 5.41) is 6.52. The molecule has 1 saturated heterocycles. The van der Waals surface area contributed by atoms with Gasteiger partial charge in [-0.05, 0) is 25.3 Å². The van der Waals surface area contributed by atoms with Gasteiger partial charge in [0.05, 0.1) is 25.4 Å². The lowest BCUT2D eigenvalue weighted by molar-refractivity contribution is -0.128. The average Bonchev–Trinajstić information content (AvgIpc) is 3.55. The smallest absolute Gasteiger partial charge is 0.293 e. The molecule has 1 aromatic rings. The van der Waals surface area contributed by atoms with Crippen LogP contribution in [0.1, 0.15) is 39.2 Å². The van der Waals surface area contributed by atoms with E-state index in [1.807, 2.05) is 6.07 Å². The predicted octanol–water partition coefficient (Wildman–Crippen LogP) is 2.76. The molecule has 1 fully saturated rings. The van der Waals surface area contributed by atoms with Crippen molar-refractivity contribution in [3.63, 3.8) is 0 Å². The fourth-order valence-electron chi connectivity index (χ4n) is 2.42. The quantitative estimate of drug-likeness (QED) is 0.384. The standard InChI is InChI=1S/C18H28N2O2S.C3H6O2/c1-3-15(4-2)20-18(21)17(19-10-16-11-22-16)13-23-12-14-8-6-5-7-9-14;1-2-5-3-4/h5-9,15-17,19H,3-4,10-13H2,1-2H3,(H,20,21);3H,2H2,1H3. The summed E-state index contributed by atoms with van der Waals surface area (Å²) in [6.07, 6.45) is 2.23. The molecule has 2 atom stereocenters. The van der Waals surface area contributed by atoms with Gasteiger partial charge in [0.25, 0.3) is 6.47 Å². The third-order valence-corrected chi connectivity index (χ3v) is 5.38. The number of ether oxygens (including phenoxy) is 2. The Hall–Kier alpha value is -1.57. The van der Waals surface area contributed by atoms with Crippen molar-refractivity contribution in [2.75, 3.05) is 25.5 Å². The Morgan fingerprint density at radius 2 is 1.96 bits per heavy atom. The highest BCUT2D eigenvalue weighted by molar-refractivity contribution is 7.98. The molecule has 0 aliphatic carbocycles. The van der Waals surface area contributed by atoms with Crippen LogP contribution in [0, 0.1) is 0 Å². The number of carbonyl (C=O) groups is 2. The Bertz CT molecular complexity index is 536. The van der Waals surface area contributed by atoms with Crippen molar-refractivity contribution in [1.29, 1.82) is 0 Å². The van der Waals surface area contributed by atoms with Crippen LogP contribution in [0.3, 0.4) is 0 Å². The molecule has 0 bridgehead atoms. The van der Waals surface area contributed by atoms with Crippen LogP contribution in [-0.2, 0) is 24.8 Å². The molecule has 0 saturated carbocycles. The number of hydrogen-bond donors (Lipinski definition) is 2. The first-order valence-electron chi connectivity index (χ1n) is 9.96. The molecular weight excluding hydrogens is 376 g/mol. The van der Waals surface area contributed by atoms with Crippen molar-refractivity contribution < 1.29 is 19.1 Å². The lowest BCUT2D eigenvalue weighted by Gasteiger charge is -2.21. The van der Waals surface area contributed by atoms with Crippen molar-refractivity contribution in [2.45, 2.75) is 57.6 Å². The fourth-order valence-corrected chi connectivity index (χ4v) is 3.47. The molecular formula is C21H34N2O4S. The molecule has 2 rings (SSSR count). The second-order valence-corrected chi connectivity index (χ2v) is 7.52. The van der Waals surface area contributed by atoms with Crippen molar-refractivity contribution >= 4 is 24.1 Å². The van der Waals surface area contributed by atoms with Crippen LogP contribution in [0.15, 0.2) is 30.3 Å². The van der Waals surface area contributed by atoms with Crippen LogP contribution in [0.4, 0.5) is 0 Å². The molecule has 6 nitrogen and oxygen atoms in total. The SMILES string of the molecule is CCC(CC)NC(=O)C(CSCc1ccccc1)NCC1CO1.CCOC=O. The van der Waals surface area contributed by atoms with Gasteiger partial charge in [-0.2, -0.15) is 11.8 Å². The highest BCUT2D eigenvalue weighted by Gasteiger charge is 2.26. The maximum atomic E-state index is 12.5. The van der Waals surface area contributed by atoms with Gasteiger partial charge in [-0.25, -0.2) is 0 Å². The minimum Gasteiger partial charge on any atom is -0.468 e. The van der Waals surface area contributed by atoms with E-state index in [1.54, 1.807) is 18.7 Å². The average molecular weight is 411 g/mol. The van der Waals surface area contributed by atoms with Gasteiger partial charge in [0.1, 0.15) is 0 Å². The zero-order valence-electron chi connectivity index (χ0n) is 17.2. The first-order chi connectivity index (χ1) is 13.6. The Kier molecular flexibility index (Phi) is 13.4. The van der Waals surface area contributed by atoms with Gasteiger partial charge in [-0.1, -0.05) is 44.2 Å². The van der Waals surface area contributed by atoms with Gasteiger partial charge in [-0.15, -0.1) is 0 Å². The molecule has 0 radical (unpaired) electrons. The molecule has 2 N–H and O–H groups in total. The summed E-state index contributed by atoms with van der Waals surface area (Å²) in [5.74, 6) is 1.81. The number of thioether (sulfide) groups is 1. The number of hydrogen-bond acceptors (Lipinski definition) is 6. The summed E-state index contributed by atoms with van der Waals surface area (Å²) >= 11 is 1.79. The van der Waals surface area contributed by atoms with Gasteiger partial charge in [0.2, 0.25) is 5.91 Å². The second kappa shape index (κ2) is 15.4. The highest BCUT2D eigenvalue weighted by atomic mass is 32.2. The third kappa shape index (κ3) is 11.3. The molecule has 158 valence electrons. The van der Waals surface area contributed by atoms with E-state index in [0.717, 1.165) is 37.5 Å². The van der Waals surface area contributed by atoms with E-state index in [0.29, 0.717) is 13.1 Å². The van der Waals surface area contributed by atoms with Crippen LogP contribution in [-0.4, -0.2) is 56.1 Å². The van der Waals surface area contributed by atoms with Crippen LogP contribution in [0.2, 0.25) is 0 Å². The van der Waals surface area contributed by atoms with Gasteiger partial charge in [-0.3, -0.25) is 9.59 Å². The number of benzene rings is 1. The number of nitrogens with one attached hydrogen (secondary N) is 2. The van der Waals surface area contributed by atoms with E-state index in [2.05, 4.69) is 53.5 Å². The molecule has 1 aromatic carbocycles. The Labute approximate surface area is 173 Å². The minimum absolute atomic E-state index is 0.111. The summed E-state index contributed by atoms with van der Waals surface area (Å²) in [6, 6.07) is 10.5. The number of epoxide rings is 1. The largest absolute Gasteiger partial charge is 0.468 e. The summed E-state index contributed by atoms with van der Waals surface area (Å²) in [5.41, 5.74) is 1.29. The Morgan fingerprint density at radius 3 is 2.46 bits per heavy atom. The molecule has 1 heterocycles. The van der Waals surface area contributed by atoms with Crippen molar-refractivity contribution in [2.24, 2.45) is 0 Å². The fraction of sp³-hybridized carbons (Fsp3) is 0.619. The maximum Gasteiger partial charge on any atom is 0.293 e. The summed E-state index contributed by atoms with van der Waals surface area (Å²) < 4.78 is 9.39. The van der Waals surface area contributed by atoms with Crippen LogP contribution < -0.4 is 10.6 Å². The Morgan fingerprint density at radius 1 is 1.29 bits per heavy atom. The van der Waals surface area contributed by atoms with E-state index in [-0.39, 0.29) is 24.1 Å². The second-order valence-electron chi connectivity index (χ2n) is 6.49. The van der Waals surface area contributed by atoms with E-state index < -0.39 is 0 Å². The van der Waals surface area contributed by atoms with Crippen molar-refractivity contribution in [1.82, 2.24) is 10.6 Å². The van der Waals surface area contributed by atoms with Gasteiger partial charge in [0.15, 0.2) is 0 Å². The summed E-state index contributed by atoms with van der Waals surface area (Å²) in [4.78, 5) is 21.7. The monoisotopic (exact) mass is 410 g/mol. The lowest BCUT2D eigenvalue weighted by atomic mass is 10.1. The Balaban J connectivity index is 0.000000696. The molecule has 28 heavy (non-hydrogen) atoms.